The van der Waals surface area contributed by atoms with Crippen LogP contribution in [-0.4, -0.2) is 18.2 Å². The van der Waals surface area contributed by atoms with Crippen molar-refractivity contribution in [3.8, 4) is 5.75 Å². The summed E-state index contributed by atoms with van der Waals surface area (Å²) in [6.07, 6.45) is 0. The number of nitrogens with one attached hydrogen (secondary N) is 1. The van der Waals surface area contributed by atoms with Crippen molar-refractivity contribution in [2.75, 3.05) is 18.0 Å². The standard InChI is InChI=1S/C17H20N2O/c1-13(14-6-4-7-16(20)11-14)19-10-9-18-12-15-5-2-3-8-17(15)19/h2-8,11,13,18,20H,9-10,12H2,1H3. The van der Waals surface area contributed by atoms with Crippen LogP contribution in [0, 0.1) is 0 Å². The SMILES string of the molecule is CC(c1cccc(O)c1)N1CCNCc2ccccc21. The number of anilines is 1. The van der Waals surface area contributed by atoms with Crippen molar-refractivity contribution in [3.05, 3.63) is 59.7 Å². The molecule has 104 valence electrons. The van der Waals surface area contributed by atoms with E-state index in [4.69, 9.17) is 0 Å². The minimum absolute atomic E-state index is 0.239. The summed E-state index contributed by atoms with van der Waals surface area (Å²) in [6, 6.07) is 16.3. The van der Waals surface area contributed by atoms with E-state index >= 15 is 0 Å². The van der Waals surface area contributed by atoms with Crippen molar-refractivity contribution in [1.29, 1.82) is 0 Å². The zero-order valence-electron chi connectivity index (χ0n) is 11.7. The average Bonchev–Trinajstić information content (AvgIpc) is 2.69. The summed E-state index contributed by atoms with van der Waals surface area (Å²) in [4.78, 5) is 2.41. The smallest absolute Gasteiger partial charge is 0.115 e. The molecule has 3 rings (SSSR count). The number of benzene rings is 2. The van der Waals surface area contributed by atoms with E-state index < -0.39 is 0 Å². The topological polar surface area (TPSA) is 35.5 Å². The van der Waals surface area contributed by atoms with Gasteiger partial charge < -0.3 is 15.3 Å². The second-order valence-corrected chi connectivity index (χ2v) is 5.27. The number of nitrogens with zero attached hydrogens (tertiary/aromatic N) is 1. The predicted octanol–water partition coefficient (Wildman–Crippen LogP) is 3.06. The van der Waals surface area contributed by atoms with Crippen molar-refractivity contribution in [2.24, 2.45) is 0 Å². The maximum absolute atomic E-state index is 9.68. The molecule has 2 aromatic carbocycles. The van der Waals surface area contributed by atoms with Crippen LogP contribution in [0.1, 0.15) is 24.1 Å². The second-order valence-electron chi connectivity index (χ2n) is 5.27. The van der Waals surface area contributed by atoms with Crippen LogP contribution in [0.5, 0.6) is 5.75 Å². The number of phenols is 1. The van der Waals surface area contributed by atoms with Crippen LogP contribution in [0.3, 0.4) is 0 Å². The molecule has 0 radical (unpaired) electrons. The maximum atomic E-state index is 9.68. The monoisotopic (exact) mass is 268 g/mol. The fraction of sp³-hybridized carbons (Fsp3) is 0.294. The molecule has 2 N–H and O–H groups in total. The third-order valence-corrected chi connectivity index (χ3v) is 3.97. The Kier molecular flexibility index (Phi) is 3.61. The molecule has 0 fully saturated rings. The molecule has 0 saturated carbocycles. The quantitative estimate of drug-likeness (QED) is 0.878. The summed E-state index contributed by atoms with van der Waals surface area (Å²) in [5.41, 5.74) is 3.76. The highest BCUT2D eigenvalue weighted by Gasteiger charge is 2.20. The summed E-state index contributed by atoms with van der Waals surface area (Å²) < 4.78 is 0. The molecule has 20 heavy (non-hydrogen) atoms. The molecule has 0 amide bonds. The van der Waals surface area contributed by atoms with E-state index in [1.807, 2.05) is 12.1 Å². The largest absolute Gasteiger partial charge is 0.508 e. The highest BCUT2D eigenvalue weighted by Crippen LogP contribution is 2.31. The first-order valence-corrected chi connectivity index (χ1v) is 7.10. The average molecular weight is 268 g/mol. The summed E-state index contributed by atoms with van der Waals surface area (Å²) in [5, 5.41) is 13.1. The third kappa shape index (κ3) is 2.49. The van der Waals surface area contributed by atoms with Gasteiger partial charge in [-0.15, -0.1) is 0 Å². The van der Waals surface area contributed by atoms with Crippen LogP contribution in [0.2, 0.25) is 0 Å². The first kappa shape index (κ1) is 13.0. The summed E-state index contributed by atoms with van der Waals surface area (Å²) >= 11 is 0. The molecule has 1 aliphatic heterocycles. The van der Waals surface area contributed by atoms with Gasteiger partial charge in [0.1, 0.15) is 5.75 Å². The van der Waals surface area contributed by atoms with E-state index in [1.165, 1.54) is 11.3 Å². The van der Waals surface area contributed by atoms with E-state index in [9.17, 15) is 5.11 Å². The zero-order chi connectivity index (χ0) is 13.9. The maximum Gasteiger partial charge on any atom is 0.115 e. The zero-order valence-corrected chi connectivity index (χ0v) is 11.7. The van der Waals surface area contributed by atoms with Gasteiger partial charge in [-0.25, -0.2) is 0 Å². The lowest BCUT2D eigenvalue weighted by Crippen LogP contribution is -2.31. The third-order valence-electron chi connectivity index (χ3n) is 3.97. The number of aromatic hydroxyl groups is 1. The van der Waals surface area contributed by atoms with Crippen molar-refractivity contribution >= 4 is 5.69 Å². The molecule has 2 aromatic rings. The van der Waals surface area contributed by atoms with Crippen molar-refractivity contribution in [3.63, 3.8) is 0 Å². The van der Waals surface area contributed by atoms with E-state index in [2.05, 4.69) is 47.5 Å². The Morgan fingerprint density at radius 2 is 2.00 bits per heavy atom. The Morgan fingerprint density at radius 1 is 1.15 bits per heavy atom. The van der Waals surface area contributed by atoms with Gasteiger partial charge in [-0.05, 0) is 36.2 Å². The van der Waals surface area contributed by atoms with Gasteiger partial charge in [-0.2, -0.15) is 0 Å². The number of para-hydroxylation sites is 1. The number of fused-ring (bicyclic) bond motifs is 1. The minimum Gasteiger partial charge on any atom is -0.508 e. The van der Waals surface area contributed by atoms with Crippen LogP contribution in [0.25, 0.3) is 0 Å². The van der Waals surface area contributed by atoms with Gasteiger partial charge in [0.15, 0.2) is 0 Å². The van der Waals surface area contributed by atoms with Crippen LogP contribution in [0.15, 0.2) is 48.5 Å². The second kappa shape index (κ2) is 5.55. The highest BCUT2D eigenvalue weighted by atomic mass is 16.3. The van der Waals surface area contributed by atoms with Gasteiger partial charge in [0.2, 0.25) is 0 Å². The fourth-order valence-electron chi connectivity index (χ4n) is 2.85. The lowest BCUT2D eigenvalue weighted by Gasteiger charge is -2.31. The van der Waals surface area contributed by atoms with E-state index in [-0.39, 0.29) is 6.04 Å². The number of hydrogen-bond donors (Lipinski definition) is 2. The summed E-state index contributed by atoms with van der Waals surface area (Å²) in [5.74, 6) is 0.329. The van der Waals surface area contributed by atoms with E-state index in [1.54, 1.807) is 6.07 Å². The van der Waals surface area contributed by atoms with Gasteiger partial charge in [-0.1, -0.05) is 30.3 Å². The number of rotatable bonds is 2. The first-order chi connectivity index (χ1) is 9.75. The number of hydrogen-bond acceptors (Lipinski definition) is 3. The molecular weight excluding hydrogens is 248 g/mol. The molecule has 0 aliphatic carbocycles. The molecule has 1 atom stereocenters. The lowest BCUT2D eigenvalue weighted by atomic mass is 10.0. The van der Waals surface area contributed by atoms with Gasteiger partial charge >= 0.3 is 0 Å². The van der Waals surface area contributed by atoms with Crippen molar-refractivity contribution < 1.29 is 5.11 Å². The predicted molar refractivity (Wildman–Crippen MR) is 82.0 cm³/mol. The normalized spacial score (nSPS) is 16.4. The summed E-state index contributed by atoms with van der Waals surface area (Å²) in [6.45, 7) is 5.04. The Hall–Kier alpha value is -2.00. The Labute approximate surface area is 119 Å². The van der Waals surface area contributed by atoms with Crippen LogP contribution in [-0.2, 0) is 6.54 Å². The molecule has 0 saturated heterocycles. The Bertz CT molecular complexity index is 597. The van der Waals surface area contributed by atoms with Gasteiger partial charge in [0.05, 0.1) is 6.04 Å². The number of phenolic OH excluding ortho intramolecular Hbond substituents is 1. The highest BCUT2D eigenvalue weighted by molar-refractivity contribution is 5.56. The molecule has 1 unspecified atom stereocenters. The van der Waals surface area contributed by atoms with Gasteiger partial charge in [-0.3, -0.25) is 0 Å². The summed E-state index contributed by atoms with van der Waals surface area (Å²) in [7, 11) is 0. The molecular formula is C17H20N2O. The Morgan fingerprint density at radius 3 is 2.85 bits per heavy atom. The van der Waals surface area contributed by atoms with Crippen molar-refractivity contribution in [1.82, 2.24) is 5.32 Å². The van der Waals surface area contributed by atoms with Gasteiger partial charge in [0, 0.05) is 25.3 Å². The lowest BCUT2D eigenvalue weighted by molar-refractivity contribution is 0.473. The van der Waals surface area contributed by atoms with Crippen LogP contribution < -0.4 is 10.2 Å². The molecule has 1 heterocycles. The van der Waals surface area contributed by atoms with Gasteiger partial charge in [0.25, 0.3) is 0 Å². The molecule has 0 spiro atoms. The van der Waals surface area contributed by atoms with E-state index in [0.29, 0.717) is 5.75 Å². The van der Waals surface area contributed by atoms with Crippen LogP contribution in [0.4, 0.5) is 5.69 Å². The van der Waals surface area contributed by atoms with Crippen LogP contribution >= 0.6 is 0 Å². The fourth-order valence-corrected chi connectivity index (χ4v) is 2.85. The van der Waals surface area contributed by atoms with Crippen molar-refractivity contribution in [2.45, 2.75) is 19.5 Å². The molecule has 3 nitrogen and oxygen atoms in total. The minimum atomic E-state index is 0.239. The molecule has 3 heteroatoms. The van der Waals surface area contributed by atoms with E-state index in [0.717, 1.165) is 25.2 Å². The molecule has 0 aromatic heterocycles. The molecule has 0 bridgehead atoms. The Balaban J connectivity index is 1.97. The first-order valence-electron chi connectivity index (χ1n) is 7.10. The molecule has 1 aliphatic rings.